The smallest absolute Gasteiger partial charge is 0.251 e. The zero-order valence-electron chi connectivity index (χ0n) is 20.3. The number of unbranched alkanes of at least 4 members (excludes halogenated alkanes) is 1. The van der Waals surface area contributed by atoms with Crippen molar-refractivity contribution in [2.45, 2.75) is 64.4 Å². The first-order chi connectivity index (χ1) is 16.0. The summed E-state index contributed by atoms with van der Waals surface area (Å²) in [4.78, 5) is 17.6. The summed E-state index contributed by atoms with van der Waals surface area (Å²) < 4.78 is 5.84. The molecule has 178 valence electrons. The molecule has 4 N–H and O–H groups in total. The van der Waals surface area contributed by atoms with Crippen molar-refractivity contribution in [3.63, 3.8) is 0 Å². The van der Waals surface area contributed by atoms with Gasteiger partial charge < -0.3 is 21.1 Å². The van der Waals surface area contributed by atoms with E-state index in [0.29, 0.717) is 12.1 Å². The Morgan fingerprint density at radius 1 is 1.18 bits per heavy atom. The largest absolute Gasteiger partial charge is 0.377 e. The first kappa shape index (κ1) is 23.6. The van der Waals surface area contributed by atoms with Gasteiger partial charge in [0.15, 0.2) is 0 Å². The van der Waals surface area contributed by atoms with Crippen molar-refractivity contribution in [2.75, 3.05) is 31.6 Å². The fraction of sp³-hybridized carbons (Fsp3) is 0.519. The molecule has 0 aromatic heterocycles. The number of anilines is 1. The number of rotatable bonds is 7. The topological polar surface area (TPSA) is 84.8 Å². The molecule has 6 heteroatoms. The van der Waals surface area contributed by atoms with Crippen LogP contribution in [0.5, 0.6) is 0 Å². The van der Waals surface area contributed by atoms with E-state index in [0.717, 1.165) is 75.0 Å². The van der Waals surface area contributed by atoms with Crippen LogP contribution in [-0.2, 0) is 9.53 Å². The van der Waals surface area contributed by atoms with Gasteiger partial charge in [-0.2, -0.15) is 0 Å². The Hall–Kier alpha value is -2.57. The van der Waals surface area contributed by atoms with Crippen LogP contribution in [0.3, 0.4) is 0 Å². The normalized spacial score (nSPS) is 21.8. The second-order valence-corrected chi connectivity index (χ2v) is 9.45. The molecule has 1 saturated carbocycles. The molecule has 2 heterocycles. The van der Waals surface area contributed by atoms with Crippen LogP contribution in [0.25, 0.3) is 0 Å². The second kappa shape index (κ2) is 9.74. The molecule has 0 spiro atoms. The van der Waals surface area contributed by atoms with Gasteiger partial charge in [-0.05, 0) is 68.2 Å². The van der Waals surface area contributed by atoms with E-state index in [2.05, 4.69) is 54.0 Å². The maximum Gasteiger partial charge on any atom is 0.251 e. The van der Waals surface area contributed by atoms with Gasteiger partial charge >= 0.3 is 0 Å². The van der Waals surface area contributed by atoms with Crippen LogP contribution < -0.4 is 16.4 Å². The molecule has 0 unspecified atom stereocenters. The lowest BCUT2D eigenvalue weighted by atomic mass is 9.89. The van der Waals surface area contributed by atoms with Gasteiger partial charge in [0.05, 0.1) is 22.6 Å². The molecule has 33 heavy (non-hydrogen) atoms. The fourth-order valence-electron chi connectivity index (χ4n) is 5.54. The molecule has 1 aromatic carbocycles. The number of hydrogen-bond acceptors (Lipinski definition) is 5. The number of piperidine rings is 1. The predicted octanol–water partition coefficient (Wildman–Crippen LogP) is 4.12. The Bertz CT molecular complexity index is 993. The minimum Gasteiger partial charge on any atom is -0.377 e. The predicted molar refractivity (Wildman–Crippen MR) is 133 cm³/mol. The Kier molecular flexibility index (Phi) is 6.96. The highest BCUT2D eigenvalue weighted by molar-refractivity contribution is 6.01. The van der Waals surface area contributed by atoms with Crippen molar-refractivity contribution in [2.24, 2.45) is 11.5 Å². The molecule has 0 atom stereocenters. The summed E-state index contributed by atoms with van der Waals surface area (Å²) >= 11 is 0. The van der Waals surface area contributed by atoms with Crippen LogP contribution in [0.1, 0.15) is 57.4 Å². The van der Waals surface area contributed by atoms with E-state index >= 15 is 0 Å². The minimum absolute atomic E-state index is 0.252. The highest BCUT2D eigenvalue weighted by Gasteiger charge is 2.41. The number of methoxy groups -OCH3 is 1. The standard InChI is InChI=1S/C27H38N4O2/c1-4-5-12-23-24(25(29)32)20-10-8-11-21(20)26(31(23)22-13-7-6-9-19(22)2)30-16-14-27(18-28,33-3)15-17-30/h6-7,9,12-13H,4-5,8,10-11,14-18,28H2,1-3H3,(H2,29,32)/b23-12+. The van der Waals surface area contributed by atoms with Gasteiger partial charge in [-0.3, -0.25) is 9.69 Å². The lowest BCUT2D eigenvalue weighted by Crippen LogP contribution is -2.52. The lowest BCUT2D eigenvalue weighted by molar-refractivity contribution is -0.114. The zero-order chi connectivity index (χ0) is 23.6. The SMILES string of the molecule is CCC/C=C1\C(C(N)=O)=C2CCCC2=C(N2CCC(CN)(OC)CC2)N1c1ccccc1C. The summed E-state index contributed by atoms with van der Waals surface area (Å²) in [5.74, 6) is 0.885. The number of aryl methyl sites for hydroxylation is 1. The Labute approximate surface area is 197 Å². The Morgan fingerprint density at radius 3 is 2.48 bits per heavy atom. The summed E-state index contributed by atoms with van der Waals surface area (Å²) in [5, 5.41) is 0. The molecule has 1 aromatic rings. The number of nitrogens with two attached hydrogens (primary N) is 2. The number of primary amides is 1. The molecular formula is C27H38N4O2. The summed E-state index contributed by atoms with van der Waals surface area (Å²) in [5.41, 5.74) is 18.2. The average molecular weight is 451 g/mol. The third-order valence-electron chi connectivity index (χ3n) is 7.51. The number of amides is 1. The van der Waals surface area contributed by atoms with E-state index in [1.165, 1.54) is 17.0 Å². The number of allylic oxidation sites excluding steroid dienone is 3. The van der Waals surface area contributed by atoms with Crippen molar-refractivity contribution >= 4 is 11.6 Å². The number of benzene rings is 1. The number of ether oxygens (including phenoxy) is 1. The van der Waals surface area contributed by atoms with Gasteiger partial charge in [0.1, 0.15) is 5.82 Å². The van der Waals surface area contributed by atoms with Crippen molar-refractivity contribution in [3.8, 4) is 0 Å². The number of carbonyl (C=O) groups is 1. The second-order valence-electron chi connectivity index (χ2n) is 9.45. The average Bonchev–Trinajstić information content (AvgIpc) is 3.31. The van der Waals surface area contributed by atoms with Gasteiger partial charge in [-0.1, -0.05) is 37.6 Å². The van der Waals surface area contributed by atoms with Crippen molar-refractivity contribution in [1.82, 2.24) is 4.90 Å². The fourth-order valence-corrected chi connectivity index (χ4v) is 5.54. The molecule has 2 fully saturated rings. The molecule has 4 rings (SSSR count). The highest BCUT2D eigenvalue weighted by atomic mass is 16.5. The number of carbonyl (C=O) groups excluding carboxylic acids is 1. The third kappa shape index (κ3) is 4.22. The summed E-state index contributed by atoms with van der Waals surface area (Å²) in [6.07, 6.45) is 8.79. The number of fused-ring (bicyclic) bond motifs is 1. The van der Waals surface area contributed by atoms with Crippen molar-refractivity contribution in [3.05, 3.63) is 64.1 Å². The molecule has 1 amide bonds. The molecule has 0 radical (unpaired) electrons. The monoisotopic (exact) mass is 450 g/mol. The van der Waals surface area contributed by atoms with Gasteiger partial charge in [0.25, 0.3) is 5.91 Å². The molecular weight excluding hydrogens is 412 g/mol. The Balaban J connectivity index is 1.90. The molecule has 0 bridgehead atoms. The van der Waals surface area contributed by atoms with Gasteiger partial charge in [-0.25, -0.2) is 0 Å². The third-order valence-corrected chi connectivity index (χ3v) is 7.51. The summed E-state index contributed by atoms with van der Waals surface area (Å²) in [6, 6.07) is 8.41. The Morgan fingerprint density at radius 2 is 1.88 bits per heavy atom. The first-order valence-electron chi connectivity index (χ1n) is 12.3. The van der Waals surface area contributed by atoms with Gasteiger partial charge in [0.2, 0.25) is 0 Å². The summed E-state index contributed by atoms with van der Waals surface area (Å²) in [7, 11) is 1.77. The zero-order valence-corrected chi connectivity index (χ0v) is 20.3. The number of hydrogen-bond donors (Lipinski definition) is 2. The van der Waals surface area contributed by atoms with Crippen LogP contribution >= 0.6 is 0 Å². The van der Waals surface area contributed by atoms with Gasteiger partial charge in [0, 0.05) is 26.7 Å². The van der Waals surface area contributed by atoms with Crippen LogP contribution in [0.2, 0.25) is 0 Å². The van der Waals surface area contributed by atoms with Crippen molar-refractivity contribution in [1.29, 1.82) is 0 Å². The van der Waals surface area contributed by atoms with E-state index in [9.17, 15) is 4.79 Å². The lowest BCUT2D eigenvalue weighted by Gasteiger charge is -2.47. The van der Waals surface area contributed by atoms with Crippen LogP contribution in [0.15, 0.2) is 58.6 Å². The molecule has 6 nitrogen and oxygen atoms in total. The van der Waals surface area contributed by atoms with Crippen LogP contribution in [-0.4, -0.2) is 43.2 Å². The number of nitrogens with zero attached hydrogens (tertiary/aromatic N) is 2. The van der Waals surface area contributed by atoms with E-state index in [-0.39, 0.29) is 11.5 Å². The van der Waals surface area contributed by atoms with E-state index in [1.807, 2.05) is 0 Å². The van der Waals surface area contributed by atoms with E-state index < -0.39 is 0 Å². The first-order valence-corrected chi connectivity index (χ1v) is 12.3. The maximum atomic E-state index is 12.8. The molecule has 3 aliphatic rings. The molecule has 1 aliphatic carbocycles. The molecule has 1 saturated heterocycles. The van der Waals surface area contributed by atoms with E-state index in [4.69, 9.17) is 16.2 Å². The number of likely N-dealkylation sites (tertiary alicyclic amines) is 1. The highest BCUT2D eigenvalue weighted by Crippen LogP contribution is 2.47. The summed E-state index contributed by atoms with van der Waals surface area (Å²) in [6.45, 7) is 6.56. The van der Waals surface area contributed by atoms with Crippen LogP contribution in [0, 0.1) is 6.92 Å². The van der Waals surface area contributed by atoms with Crippen molar-refractivity contribution < 1.29 is 9.53 Å². The van der Waals surface area contributed by atoms with Crippen LogP contribution in [0.4, 0.5) is 5.69 Å². The number of para-hydroxylation sites is 1. The quantitative estimate of drug-likeness (QED) is 0.653. The van der Waals surface area contributed by atoms with E-state index in [1.54, 1.807) is 7.11 Å². The minimum atomic E-state index is -0.329. The maximum absolute atomic E-state index is 12.8. The molecule has 2 aliphatic heterocycles. The van der Waals surface area contributed by atoms with Gasteiger partial charge in [-0.15, -0.1) is 0 Å².